The van der Waals surface area contributed by atoms with Gasteiger partial charge in [-0.2, -0.15) is 0 Å². The van der Waals surface area contributed by atoms with Crippen molar-refractivity contribution in [2.45, 2.75) is 6.92 Å². The number of hydrogen-bond donors (Lipinski definition) is 0. The van der Waals surface area contributed by atoms with Crippen LogP contribution in [0.1, 0.15) is 15.4 Å². The molecule has 4 rings (SSSR count). The van der Waals surface area contributed by atoms with Gasteiger partial charge in [-0.1, -0.05) is 0 Å². The van der Waals surface area contributed by atoms with E-state index in [0.29, 0.717) is 29.5 Å². The van der Waals surface area contributed by atoms with Gasteiger partial charge in [0.25, 0.3) is 5.91 Å². The van der Waals surface area contributed by atoms with Gasteiger partial charge in [-0.25, -0.2) is 9.97 Å². The van der Waals surface area contributed by atoms with E-state index in [1.54, 1.807) is 32.8 Å². The minimum atomic E-state index is 0.0236. The molecule has 3 heterocycles. The lowest BCUT2D eigenvalue weighted by Crippen LogP contribution is -2.49. The van der Waals surface area contributed by atoms with E-state index < -0.39 is 0 Å². The smallest absolute Gasteiger partial charge is 0.265 e. The van der Waals surface area contributed by atoms with Crippen molar-refractivity contribution in [3.05, 3.63) is 47.4 Å². The maximum absolute atomic E-state index is 13.1. The third kappa shape index (κ3) is 3.93. The number of piperazine rings is 1. The lowest BCUT2D eigenvalue weighted by Gasteiger charge is -2.35. The molecule has 30 heavy (non-hydrogen) atoms. The largest absolute Gasteiger partial charge is 0.493 e. The number of thiazole rings is 1. The lowest BCUT2D eigenvalue weighted by molar-refractivity contribution is 0.0750. The quantitative estimate of drug-likeness (QED) is 0.622. The number of aryl methyl sites for hydroxylation is 1. The molecule has 0 atom stereocenters. The molecule has 1 saturated heterocycles. The molecule has 0 radical (unpaired) electrons. The highest BCUT2D eigenvalue weighted by atomic mass is 32.1. The second-order valence-corrected chi connectivity index (χ2v) is 7.85. The van der Waals surface area contributed by atoms with Crippen molar-refractivity contribution >= 4 is 23.1 Å². The predicted molar refractivity (Wildman–Crippen MR) is 116 cm³/mol. The van der Waals surface area contributed by atoms with Crippen molar-refractivity contribution in [2.75, 3.05) is 45.3 Å². The molecular formula is C21H23N5O3S. The molecule has 0 saturated carbocycles. The van der Waals surface area contributed by atoms with Crippen molar-refractivity contribution in [1.82, 2.24) is 19.9 Å². The molecule has 156 valence electrons. The number of methoxy groups -OCH3 is 2. The van der Waals surface area contributed by atoms with Crippen LogP contribution in [0, 0.1) is 6.92 Å². The van der Waals surface area contributed by atoms with Gasteiger partial charge >= 0.3 is 0 Å². The fraction of sp³-hybridized carbons (Fsp3) is 0.333. The fourth-order valence-corrected chi connectivity index (χ4v) is 4.45. The average Bonchev–Trinajstić information content (AvgIpc) is 3.20. The Kier molecular flexibility index (Phi) is 5.80. The topological polar surface area (TPSA) is 80.7 Å². The lowest BCUT2D eigenvalue weighted by atomic mass is 10.2. The summed E-state index contributed by atoms with van der Waals surface area (Å²) in [5.74, 6) is 2.16. The number of carbonyl (C=O) groups is 1. The van der Waals surface area contributed by atoms with Crippen LogP contribution in [-0.4, -0.2) is 66.2 Å². The zero-order valence-corrected chi connectivity index (χ0v) is 18.0. The molecule has 3 aromatic rings. The van der Waals surface area contributed by atoms with Gasteiger partial charge in [0.1, 0.15) is 15.7 Å². The van der Waals surface area contributed by atoms with Gasteiger partial charge < -0.3 is 19.3 Å². The Morgan fingerprint density at radius 2 is 1.83 bits per heavy atom. The first kappa shape index (κ1) is 20.1. The molecule has 1 amide bonds. The van der Waals surface area contributed by atoms with Crippen LogP contribution >= 0.6 is 11.3 Å². The Labute approximate surface area is 179 Å². The molecule has 0 unspecified atom stereocenters. The summed E-state index contributed by atoms with van der Waals surface area (Å²) in [6.45, 7) is 4.61. The number of benzene rings is 1. The molecule has 0 N–H and O–H groups in total. The molecule has 2 aromatic heterocycles. The SMILES string of the molecule is COc1ccc(-c2nc(C)c(C(=O)N3CCN(c4cnccn4)CC3)s2)cc1OC. The van der Waals surface area contributed by atoms with Crippen molar-refractivity contribution in [3.63, 3.8) is 0 Å². The molecule has 1 fully saturated rings. The summed E-state index contributed by atoms with van der Waals surface area (Å²) in [6, 6.07) is 5.65. The number of ether oxygens (including phenoxy) is 2. The first-order valence-corrected chi connectivity index (χ1v) is 10.4. The summed E-state index contributed by atoms with van der Waals surface area (Å²) >= 11 is 1.41. The van der Waals surface area contributed by atoms with Gasteiger partial charge in [0.05, 0.1) is 26.1 Å². The zero-order chi connectivity index (χ0) is 21.1. The molecule has 0 spiro atoms. The van der Waals surface area contributed by atoms with E-state index in [-0.39, 0.29) is 5.91 Å². The second-order valence-electron chi connectivity index (χ2n) is 6.85. The highest BCUT2D eigenvalue weighted by molar-refractivity contribution is 7.17. The Morgan fingerprint density at radius 3 is 2.50 bits per heavy atom. The normalized spacial score (nSPS) is 14.0. The van der Waals surface area contributed by atoms with Gasteiger partial charge in [-0.05, 0) is 25.1 Å². The second kappa shape index (κ2) is 8.66. The zero-order valence-electron chi connectivity index (χ0n) is 17.2. The molecule has 1 aromatic carbocycles. The molecule has 0 bridgehead atoms. The Bertz CT molecular complexity index is 1030. The highest BCUT2D eigenvalue weighted by Gasteiger charge is 2.26. The maximum atomic E-state index is 13.1. The van der Waals surface area contributed by atoms with Crippen molar-refractivity contribution in [1.29, 1.82) is 0 Å². The number of anilines is 1. The molecule has 0 aliphatic carbocycles. The van der Waals surface area contributed by atoms with E-state index >= 15 is 0 Å². The van der Waals surface area contributed by atoms with E-state index in [1.165, 1.54) is 11.3 Å². The standard InChI is InChI=1S/C21H23N5O3S/c1-14-19(30-20(24-14)15-4-5-16(28-2)17(12-15)29-3)21(27)26-10-8-25(9-11-26)18-13-22-6-7-23-18/h4-7,12-13H,8-11H2,1-3H3. The third-order valence-electron chi connectivity index (χ3n) is 5.06. The van der Waals surface area contributed by atoms with Gasteiger partial charge in [0, 0.05) is 44.1 Å². The number of nitrogens with zero attached hydrogens (tertiary/aromatic N) is 5. The van der Waals surface area contributed by atoms with Crippen LogP contribution in [0.4, 0.5) is 5.82 Å². The van der Waals surface area contributed by atoms with Crippen LogP contribution in [0.5, 0.6) is 11.5 Å². The van der Waals surface area contributed by atoms with Gasteiger partial charge in [0.2, 0.25) is 0 Å². The fourth-order valence-electron chi connectivity index (χ4n) is 3.42. The van der Waals surface area contributed by atoms with E-state index in [4.69, 9.17) is 9.47 Å². The Morgan fingerprint density at radius 1 is 1.07 bits per heavy atom. The van der Waals surface area contributed by atoms with E-state index in [0.717, 1.165) is 35.2 Å². The predicted octanol–water partition coefficient (Wildman–Crippen LogP) is 2.89. The van der Waals surface area contributed by atoms with Crippen molar-refractivity contribution in [3.8, 4) is 22.1 Å². The first-order valence-electron chi connectivity index (χ1n) is 9.60. The maximum Gasteiger partial charge on any atom is 0.265 e. The summed E-state index contributed by atoms with van der Waals surface area (Å²) in [5, 5.41) is 0.787. The van der Waals surface area contributed by atoms with Crippen LogP contribution in [0.3, 0.4) is 0 Å². The highest BCUT2D eigenvalue weighted by Crippen LogP contribution is 2.35. The van der Waals surface area contributed by atoms with Crippen LogP contribution in [-0.2, 0) is 0 Å². The number of hydrogen-bond acceptors (Lipinski definition) is 8. The van der Waals surface area contributed by atoms with Gasteiger partial charge in [-0.3, -0.25) is 9.78 Å². The minimum absolute atomic E-state index is 0.0236. The summed E-state index contributed by atoms with van der Waals surface area (Å²) < 4.78 is 10.7. The van der Waals surface area contributed by atoms with E-state index in [1.807, 2.05) is 30.0 Å². The van der Waals surface area contributed by atoms with E-state index in [9.17, 15) is 4.79 Å². The number of rotatable bonds is 5. The monoisotopic (exact) mass is 425 g/mol. The Balaban J connectivity index is 1.49. The summed E-state index contributed by atoms with van der Waals surface area (Å²) in [4.78, 5) is 30.9. The summed E-state index contributed by atoms with van der Waals surface area (Å²) in [7, 11) is 3.20. The van der Waals surface area contributed by atoms with Crippen LogP contribution in [0.15, 0.2) is 36.8 Å². The van der Waals surface area contributed by atoms with Crippen molar-refractivity contribution < 1.29 is 14.3 Å². The van der Waals surface area contributed by atoms with Gasteiger partial charge in [0.15, 0.2) is 11.5 Å². The summed E-state index contributed by atoms with van der Waals surface area (Å²) in [5.41, 5.74) is 1.64. The van der Waals surface area contributed by atoms with E-state index in [2.05, 4.69) is 19.9 Å². The first-order chi connectivity index (χ1) is 14.6. The van der Waals surface area contributed by atoms with Crippen molar-refractivity contribution in [2.24, 2.45) is 0 Å². The molecule has 1 aliphatic rings. The average molecular weight is 426 g/mol. The molecule has 9 heteroatoms. The number of aromatic nitrogens is 3. The Hall–Kier alpha value is -3.20. The number of carbonyl (C=O) groups excluding carboxylic acids is 1. The van der Waals surface area contributed by atoms with Gasteiger partial charge in [-0.15, -0.1) is 11.3 Å². The number of amides is 1. The van der Waals surface area contributed by atoms with Crippen LogP contribution < -0.4 is 14.4 Å². The third-order valence-corrected chi connectivity index (χ3v) is 6.26. The molecule has 1 aliphatic heterocycles. The summed E-state index contributed by atoms with van der Waals surface area (Å²) in [6.07, 6.45) is 5.09. The van der Waals surface area contributed by atoms with Crippen LogP contribution in [0.2, 0.25) is 0 Å². The molecule has 8 nitrogen and oxygen atoms in total. The minimum Gasteiger partial charge on any atom is -0.493 e. The van der Waals surface area contributed by atoms with Crippen LogP contribution in [0.25, 0.3) is 10.6 Å². The molecular weight excluding hydrogens is 402 g/mol.